The summed E-state index contributed by atoms with van der Waals surface area (Å²) in [6, 6.07) is 13.6. The van der Waals surface area contributed by atoms with Gasteiger partial charge in [0, 0.05) is 34.3 Å². The van der Waals surface area contributed by atoms with E-state index in [-0.39, 0.29) is 5.91 Å². The van der Waals surface area contributed by atoms with Crippen molar-refractivity contribution in [2.24, 2.45) is 0 Å². The highest BCUT2D eigenvalue weighted by Gasteiger charge is 2.19. The summed E-state index contributed by atoms with van der Waals surface area (Å²) < 4.78 is 11.6. The molecule has 2 aromatic carbocycles. The van der Waals surface area contributed by atoms with Crippen LogP contribution in [0.15, 0.2) is 65.4 Å². The van der Waals surface area contributed by atoms with E-state index in [0.717, 1.165) is 38.8 Å². The van der Waals surface area contributed by atoms with Gasteiger partial charge in [-0.2, -0.15) is 0 Å². The van der Waals surface area contributed by atoms with Crippen LogP contribution in [0.25, 0.3) is 27.7 Å². The number of pyridine rings is 1. The lowest BCUT2D eigenvalue weighted by Gasteiger charge is -2.13. The molecule has 0 fully saturated rings. The molecule has 2 aromatic heterocycles. The summed E-state index contributed by atoms with van der Waals surface area (Å²) in [5.74, 6) is 0.815. The number of allylic oxidation sites excluding steroid dienone is 1. The Hall–Kier alpha value is -3.57. The number of rotatable bonds is 5. The average molecular weight is 447 g/mol. The number of halogens is 1. The lowest BCUT2D eigenvalue weighted by atomic mass is 9.96. The first-order chi connectivity index (χ1) is 15.4. The van der Waals surface area contributed by atoms with Crippen LogP contribution in [0.1, 0.15) is 23.6 Å². The fraction of sp³-hybridized carbons (Fsp3) is 0.154. The minimum atomic E-state index is -0.289. The zero-order chi connectivity index (χ0) is 22.8. The molecule has 0 unspecified atom stereocenters. The second-order valence-electron chi connectivity index (χ2n) is 7.65. The first-order valence-electron chi connectivity index (χ1n) is 10.1. The number of hydrogen-bond acceptors (Lipinski definition) is 4. The fourth-order valence-corrected chi connectivity index (χ4v) is 3.83. The number of aryl methyl sites for hydroxylation is 2. The van der Waals surface area contributed by atoms with E-state index in [9.17, 15) is 4.79 Å². The molecule has 2 heterocycles. The van der Waals surface area contributed by atoms with Crippen molar-refractivity contribution in [3.05, 3.63) is 82.7 Å². The Kier molecular flexibility index (Phi) is 6.01. The average Bonchev–Trinajstić information content (AvgIpc) is 3.20. The molecular formula is C26H23ClN2O3. The highest BCUT2D eigenvalue weighted by Crippen LogP contribution is 2.40. The summed E-state index contributed by atoms with van der Waals surface area (Å²) in [5.41, 5.74) is 6.49. The summed E-state index contributed by atoms with van der Waals surface area (Å²) in [6.07, 6.45) is 4.79. The van der Waals surface area contributed by atoms with E-state index in [4.69, 9.17) is 20.8 Å². The Balaban J connectivity index is 1.75. The van der Waals surface area contributed by atoms with Gasteiger partial charge >= 0.3 is 0 Å². The van der Waals surface area contributed by atoms with Crippen molar-refractivity contribution < 1.29 is 13.9 Å². The van der Waals surface area contributed by atoms with Crippen molar-refractivity contribution >= 4 is 39.9 Å². The second-order valence-corrected chi connectivity index (χ2v) is 8.09. The van der Waals surface area contributed by atoms with Crippen molar-refractivity contribution in [3.63, 3.8) is 0 Å². The number of benzene rings is 2. The topological polar surface area (TPSA) is 64.4 Å². The maximum Gasteiger partial charge on any atom is 0.249 e. The molecule has 6 heteroatoms. The van der Waals surface area contributed by atoms with Gasteiger partial charge in [-0.15, -0.1) is 0 Å². The van der Waals surface area contributed by atoms with E-state index < -0.39 is 0 Å². The summed E-state index contributed by atoms with van der Waals surface area (Å²) in [4.78, 5) is 16.7. The van der Waals surface area contributed by atoms with Gasteiger partial charge in [0.05, 0.1) is 18.4 Å². The zero-order valence-electron chi connectivity index (χ0n) is 18.3. The molecule has 0 spiro atoms. The molecule has 0 saturated carbocycles. The number of carbonyl (C=O) groups is 1. The van der Waals surface area contributed by atoms with Crippen molar-refractivity contribution in [3.8, 4) is 16.9 Å². The lowest BCUT2D eigenvalue weighted by Crippen LogP contribution is -2.10. The number of aromatic nitrogens is 1. The van der Waals surface area contributed by atoms with E-state index in [0.29, 0.717) is 16.6 Å². The van der Waals surface area contributed by atoms with Crippen molar-refractivity contribution in [2.75, 3.05) is 12.4 Å². The number of methoxy groups -OCH3 is 1. The van der Waals surface area contributed by atoms with Crippen LogP contribution in [-0.2, 0) is 4.79 Å². The molecule has 0 aliphatic heterocycles. The molecule has 0 atom stereocenters. The summed E-state index contributed by atoms with van der Waals surface area (Å²) in [7, 11) is 1.62. The van der Waals surface area contributed by atoms with Crippen LogP contribution in [0.4, 0.5) is 5.82 Å². The van der Waals surface area contributed by atoms with E-state index in [1.165, 1.54) is 17.8 Å². The lowest BCUT2D eigenvalue weighted by molar-refractivity contribution is -0.111. The number of carbonyl (C=O) groups excluding carboxylic acids is 1. The molecule has 0 bridgehead atoms. The SMILES string of the molecule is COc1c(/C(C)=C/C(=O)Nc2ccc(Cl)cn2)cc2c(-c3ccc(C)cc3)coc2c1C. The summed E-state index contributed by atoms with van der Waals surface area (Å²) in [6.45, 7) is 5.89. The third kappa shape index (κ3) is 4.25. The van der Waals surface area contributed by atoms with Gasteiger partial charge < -0.3 is 14.5 Å². The molecule has 4 rings (SSSR count). The maximum atomic E-state index is 12.6. The van der Waals surface area contributed by atoms with Crippen LogP contribution in [0.2, 0.25) is 5.02 Å². The highest BCUT2D eigenvalue weighted by molar-refractivity contribution is 6.30. The largest absolute Gasteiger partial charge is 0.496 e. The van der Waals surface area contributed by atoms with Crippen LogP contribution in [0, 0.1) is 13.8 Å². The van der Waals surface area contributed by atoms with E-state index in [1.807, 2.05) is 19.9 Å². The van der Waals surface area contributed by atoms with E-state index in [2.05, 4.69) is 41.5 Å². The quantitative estimate of drug-likeness (QED) is 0.342. The third-order valence-electron chi connectivity index (χ3n) is 5.36. The molecule has 0 aliphatic rings. The number of fused-ring (bicyclic) bond motifs is 1. The first-order valence-corrected chi connectivity index (χ1v) is 10.5. The smallest absolute Gasteiger partial charge is 0.249 e. The van der Waals surface area contributed by atoms with E-state index in [1.54, 1.807) is 25.5 Å². The van der Waals surface area contributed by atoms with Gasteiger partial charge in [0.1, 0.15) is 17.2 Å². The zero-order valence-corrected chi connectivity index (χ0v) is 19.1. The molecule has 32 heavy (non-hydrogen) atoms. The Morgan fingerprint density at radius 1 is 1.16 bits per heavy atom. The van der Waals surface area contributed by atoms with Crippen LogP contribution < -0.4 is 10.1 Å². The molecule has 0 aliphatic carbocycles. The molecule has 4 aromatic rings. The molecule has 1 N–H and O–H groups in total. The number of ether oxygens (including phenoxy) is 1. The number of nitrogens with one attached hydrogen (secondary N) is 1. The minimum Gasteiger partial charge on any atom is -0.496 e. The number of anilines is 1. The maximum absolute atomic E-state index is 12.6. The predicted octanol–water partition coefficient (Wildman–Crippen LogP) is 6.82. The Bertz CT molecular complexity index is 1320. The number of hydrogen-bond donors (Lipinski definition) is 1. The molecule has 0 saturated heterocycles. The van der Waals surface area contributed by atoms with Gasteiger partial charge in [0.15, 0.2) is 0 Å². The molecule has 0 radical (unpaired) electrons. The van der Waals surface area contributed by atoms with Gasteiger partial charge in [-0.05, 0) is 50.1 Å². The van der Waals surface area contributed by atoms with Crippen LogP contribution in [0.3, 0.4) is 0 Å². The van der Waals surface area contributed by atoms with E-state index >= 15 is 0 Å². The Morgan fingerprint density at radius 3 is 2.56 bits per heavy atom. The van der Waals surface area contributed by atoms with Crippen LogP contribution in [-0.4, -0.2) is 18.0 Å². The van der Waals surface area contributed by atoms with Crippen molar-refractivity contribution in [2.45, 2.75) is 20.8 Å². The normalized spacial score (nSPS) is 11.6. The highest BCUT2D eigenvalue weighted by atomic mass is 35.5. The Labute approximate surface area is 191 Å². The second kappa shape index (κ2) is 8.89. The summed E-state index contributed by atoms with van der Waals surface area (Å²) >= 11 is 5.86. The number of nitrogens with zero attached hydrogens (tertiary/aromatic N) is 1. The predicted molar refractivity (Wildman–Crippen MR) is 129 cm³/mol. The van der Waals surface area contributed by atoms with Gasteiger partial charge in [-0.3, -0.25) is 4.79 Å². The Morgan fingerprint density at radius 2 is 1.91 bits per heavy atom. The molecule has 162 valence electrons. The number of amides is 1. The van der Waals surface area contributed by atoms with Crippen LogP contribution >= 0.6 is 11.6 Å². The van der Waals surface area contributed by atoms with Crippen molar-refractivity contribution in [1.29, 1.82) is 0 Å². The first kappa shape index (κ1) is 21.7. The fourth-order valence-electron chi connectivity index (χ4n) is 3.71. The van der Waals surface area contributed by atoms with Crippen molar-refractivity contribution in [1.82, 2.24) is 4.98 Å². The van der Waals surface area contributed by atoms with Gasteiger partial charge in [0.2, 0.25) is 5.91 Å². The molecule has 5 nitrogen and oxygen atoms in total. The standard InChI is InChI=1S/C26H23ClN2O3/c1-15-5-7-18(8-6-15)22-14-32-26-17(3)25(31-4)20(12-21(22)26)16(2)11-24(30)29-23-10-9-19(27)13-28-23/h5-14H,1-4H3,(H,28,29,30)/b16-11+. The van der Waals surface area contributed by atoms with Crippen LogP contribution in [0.5, 0.6) is 5.75 Å². The molecular weight excluding hydrogens is 424 g/mol. The van der Waals surface area contributed by atoms with Gasteiger partial charge in [-0.1, -0.05) is 41.4 Å². The number of furan rings is 1. The minimum absolute atomic E-state index is 0.289. The summed E-state index contributed by atoms with van der Waals surface area (Å²) in [5, 5.41) is 4.23. The van der Waals surface area contributed by atoms with Gasteiger partial charge in [0.25, 0.3) is 0 Å². The third-order valence-corrected chi connectivity index (χ3v) is 5.59. The monoisotopic (exact) mass is 446 g/mol. The van der Waals surface area contributed by atoms with Gasteiger partial charge in [-0.25, -0.2) is 4.98 Å². The molecule has 1 amide bonds.